The van der Waals surface area contributed by atoms with E-state index in [2.05, 4.69) is 45.8 Å². The van der Waals surface area contributed by atoms with Crippen molar-refractivity contribution in [2.45, 2.75) is 56.7 Å². The molecule has 230 valence electrons. The van der Waals surface area contributed by atoms with Crippen LogP contribution in [0.5, 0.6) is 0 Å². The fourth-order valence-electron chi connectivity index (χ4n) is 7.29. The SMILES string of the molecule is COC1CC2NNC(c3cnc(N4CC5(C4)CN(S(C)=O)C5)c(CN(C)C)c3)C2CC1O[C@H](C)c1c(Cl)cncc1Cl. The molecule has 4 aliphatic rings. The van der Waals surface area contributed by atoms with Crippen molar-refractivity contribution in [1.82, 2.24) is 30.0 Å². The average Bonchev–Trinajstić information content (AvgIpc) is 3.29. The summed E-state index contributed by atoms with van der Waals surface area (Å²) in [5.74, 6) is 1.35. The largest absolute Gasteiger partial charge is 0.379 e. The first-order valence-corrected chi connectivity index (χ1v) is 16.8. The third kappa shape index (κ3) is 5.84. The second-order valence-electron chi connectivity index (χ2n) is 12.7. The van der Waals surface area contributed by atoms with Gasteiger partial charge in [0.1, 0.15) is 5.82 Å². The van der Waals surface area contributed by atoms with Crippen LogP contribution in [0.2, 0.25) is 10.0 Å². The minimum atomic E-state index is -0.887. The van der Waals surface area contributed by atoms with E-state index in [0.29, 0.717) is 16.0 Å². The van der Waals surface area contributed by atoms with Gasteiger partial charge >= 0.3 is 0 Å². The zero-order chi connectivity index (χ0) is 29.8. The number of hydrogen-bond acceptors (Lipinski definition) is 9. The number of ether oxygens (including phenoxy) is 2. The van der Waals surface area contributed by atoms with Crippen LogP contribution in [0.4, 0.5) is 5.82 Å². The summed E-state index contributed by atoms with van der Waals surface area (Å²) in [6.45, 7) is 6.51. The van der Waals surface area contributed by atoms with E-state index in [1.54, 1.807) is 25.8 Å². The predicted molar refractivity (Wildman–Crippen MR) is 166 cm³/mol. The first-order valence-electron chi connectivity index (χ1n) is 14.5. The van der Waals surface area contributed by atoms with E-state index in [9.17, 15) is 4.21 Å². The van der Waals surface area contributed by atoms with Gasteiger partial charge in [-0.25, -0.2) is 18.9 Å². The van der Waals surface area contributed by atoms with E-state index in [4.69, 9.17) is 37.7 Å². The predicted octanol–water partition coefficient (Wildman–Crippen LogP) is 3.35. The van der Waals surface area contributed by atoms with Gasteiger partial charge in [0.2, 0.25) is 0 Å². The number of nitrogens with zero attached hydrogens (tertiary/aromatic N) is 5. The molecule has 42 heavy (non-hydrogen) atoms. The minimum Gasteiger partial charge on any atom is -0.379 e. The molecule has 4 fully saturated rings. The van der Waals surface area contributed by atoms with E-state index in [0.717, 1.165) is 56.9 Å². The van der Waals surface area contributed by atoms with Crippen LogP contribution in [0.25, 0.3) is 0 Å². The summed E-state index contributed by atoms with van der Waals surface area (Å²) in [7, 11) is 5.05. The van der Waals surface area contributed by atoms with Gasteiger partial charge in [0.25, 0.3) is 0 Å². The molecule has 6 unspecified atom stereocenters. The highest BCUT2D eigenvalue weighted by molar-refractivity contribution is 7.81. The van der Waals surface area contributed by atoms with Crippen LogP contribution in [-0.4, -0.2) is 95.3 Å². The number of aromatic nitrogens is 2. The van der Waals surface area contributed by atoms with Gasteiger partial charge in [0.05, 0.1) is 45.4 Å². The number of fused-ring (bicyclic) bond motifs is 1. The molecule has 1 saturated carbocycles. The number of halogens is 2. The van der Waals surface area contributed by atoms with Crippen molar-refractivity contribution in [3.05, 3.63) is 51.4 Å². The number of nitrogens with one attached hydrogen (secondary N) is 2. The maximum absolute atomic E-state index is 11.8. The Morgan fingerprint density at radius 2 is 1.83 bits per heavy atom. The lowest BCUT2D eigenvalue weighted by Gasteiger charge is -2.60. The molecule has 1 spiro atoms. The van der Waals surface area contributed by atoms with E-state index in [-0.39, 0.29) is 35.8 Å². The zero-order valence-electron chi connectivity index (χ0n) is 24.8. The van der Waals surface area contributed by atoms with Gasteiger partial charge in [-0.15, -0.1) is 0 Å². The molecule has 0 bridgehead atoms. The average molecular weight is 639 g/mol. The van der Waals surface area contributed by atoms with Crippen molar-refractivity contribution in [2.75, 3.05) is 58.5 Å². The third-order valence-electron chi connectivity index (χ3n) is 9.30. The van der Waals surface area contributed by atoms with Gasteiger partial charge in [-0.2, -0.15) is 0 Å². The number of hydrogen-bond donors (Lipinski definition) is 2. The fourth-order valence-corrected chi connectivity index (χ4v) is 8.87. The second kappa shape index (κ2) is 12.2. The molecule has 2 aromatic rings. The number of pyridine rings is 2. The molecular weight excluding hydrogens is 597 g/mol. The Bertz CT molecular complexity index is 1300. The van der Waals surface area contributed by atoms with Crippen molar-refractivity contribution in [1.29, 1.82) is 0 Å². The monoisotopic (exact) mass is 637 g/mol. The van der Waals surface area contributed by atoms with Crippen molar-refractivity contribution in [3.63, 3.8) is 0 Å². The highest BCUT2D eigenvalue weighted by atomic mass is 35.5. The number of anilines is 1. The summed E-state index contributed by atoms with van der Waals surface area (Å²) < 4.78 is 26.4. The van der Waals surface area contributed by atoms with Crippen LogP contribution in [0, 0.1) is 11.3 Å². The summed E-state index contributed by atoms with van der Waals surface area (Å²) in [5.41, 5.74) is 10.5. The van der Waals surface area contributed by atoms with Crippen LogP contribution in [0.1, 0.15) is 48.6 Å². The van der Waals surface area contributed by atoms with Gasteiger partial charge in [-0.1, -0.05) is 23.2 Å². The molecule has 1 aliphatic carbocycles. The second-order valence-corrected chi connectivity index (χ2v) is 14.9. The molecular formula is C29H41Cl2N7O3S. The summed E-state index contributed by atoms with van der Waals surface area (Å²) in [6, 6.07) is 2.66. The topological polar surface area (TPSA) is 95.1 Å². The highest BCUT2D eigenvalue weighted by Gasteiger charge is 2.53. The fraction of sp³-hybridized carbons (Fsp3) is 0.655. The molecule has 0 amide bonds. The summed E-state index contributed by atoms with van der Waals surface area (Å²) >= 11 is 12.9. The molecule has 0 aromatic carbocycles. The summed E-state index contributed by atoms with van der Waals surface area (Å²) in [4.78, 5) is 13.7. The van der Waals surface area contributed by atoms with Crippen LogP contribution >= 0.6 is 23.2 Å². The van der Waals surface area contributed by atoms with Gasteiger partial charge < -0.3 is 19.3 Å². The van der Waals surface area contributed by atoms with Crippen LogP contribution < -0.4 is 15.8 Å². The van der Waals surface area contributed by atoms with Gasteiger partial charge in [0.15, 0.2) is 0 Å². The standard InChI is InChI=1S/C29H41Cl2N7O3S/c1-17(26-21(30)10-32-11-22(26)31)41-25-7-20-23(8-24(25)40-4)34-35-27(20)18-6-19(12-36(2)3)28(33-9-18)37-13-29(14-37)15-38(16-29)42(5)39/h6,9-11,17,20,23-25,27,34-35H,7-8,12-16H2,1-5H3/t17-,20?,23?,24?,25?,27?,42?/m1/s1. The smallest absolute Gasteiger partial charge is 0.133 e. The molecule has 0 radical (unpaired) electrons. The lowest BCUT2D eigenvalue weighted by atomic mass is 9.74. The van der Waals surface area contributed by atoms with E-state index < -0.39 is 11.0 Å². The Morgan fingerprint density at radius 3 is 2.48 bits per heavy atom. The Balaban J connectivity index is 1.18. The third-order valence-corrected chi connectivity index (χ3v) is 10.9. The molecule has 7 atom stereocenters. The van der Waals surface area contributed by atoms with Crippen LogP contribution in [0.15, 0.2) is 24.7 Å². The first-order chi connectivity index (χ1) is 20.1. The maximum Gasteiger partial charge on any atom is 0.133 e. The van der Waals surface area contributed by atoms with E-state index in [1.165, 1.54) is 11.1 Å². The van der Waals surface area contributed by atoms with Gasteiger partial charge in [-0.3, -0.25) is 10.4 Å². The Labute approximate surface area is 261 Å². The van der Waals surface area contributed by atoms with Gasteiger partial charge in [-0.05, 0) is 51.4 Å². The molecule has 5 heterocycles. The Kier molecular flexibility index (Phi) is 8.87. The maximum atomic E-state index is 11.8. The highest BCUT2D eigenvalue weighted by Crippen LogP contribution is 2.45. The van der Waals surface area contributed by atoms with Crippen molar-refractivity contribution in [3.8, 4) is 0 Å². The van der Waals surface area contributed by atoms with E-state index in [1.807, 2.05) is 17.4 Å². The molecule has 3 aliphatic heterocycles. The lowest BCUT2D eigenvalue weighted by molar-refractivity contribution is -0.117. The number of hydrazine groups is 1. The molecule has 6 rings (SSSR count). The number of rotatable bonds is 9. The molecule has 2 aromatic heterocycles. The quantitative estimate of drug-likeness (QED) is 0.429. The first kappa shape index (κ1) is 30.6. The lowest BCUT2D eigenvalue weighted by Crippen LogP contribution is -2.72. The Hall–Kier alpha value is -1.41. The van der Waals surface area contributed by atoms with Crippen molar-refractivity contribution in [2.24, 2.45) is 11.3 Å². The summed E-state index contributed by atoms with van der Waals surface area (Å²) in [5, 5.41) is 1.00. The van der Waals surface area contributed by atoms with Gasteiger partial charge in [0, 0.05) is 87.3 Å². The molecule has 3 saturated heterocycles. The van der Waals surface area contributed by atoms with E-state index >= 15 is 0 Å². The molecule has 13 heteroatoms. The number of methoxy groups -OCH3 is 1. The van der Waals surface area contributed by atoms with Crippen molar-refractivity contribution < 1.29 is 13.7 Å². The minimum absolute atomic E-state index is 0.0581. The summed E-state index contributed by atoms with van der Waals surface area (Å²) in [6.07, 6.45) is 8.15. The van der Waals surface area contributed by atoms with Crippen molar-refractivity contribution >= 4 is 40.0 Å². The normalized spacial score (nSPS) is 30.2. The zero-order valence-corrected chi connectivity index (χ0v) is 27.2. The Morgan fingerprint density at radius 1 is 1.12 bits per heavy atom. The van der Waals surface area contributed by atoms with Crippen LogP contribution in [0.3, 0.4) is 0 Å². The molecule has 10 nitrogen and oxygen atoms in total. The van der Waals surface area contributed by atoms with Crippen LogP contribution in [-0.2, 0) is 27.0 Å². The molecule has 2 N–H and O–H groups in total.